The van der Waals surface area contributed by atoms with Crippen LogP contribution in [-0.4, -0.2) is 28.6 Å². The molecular formula is C16H23NO2. The third-order valence-corrected chi connectivity index (χ3v) is 4.09. The third-order valence-electron chi connectivity index (χ3n) is 4.09. The Hall–Kier alpha value is -1.35. The molecule has 1 fully saturated rings. The minimum atomic E-state index is -0.737. The molecule has 2 rings (SSSR count). The molecule has 104 valence electrons. The van der Waals surface area contributed by atoms with Gasteiger partial charge in [-0.05, 0) is 24.9 Å². The van der Waals surface area contributed by atoms with E-state index in [0.717, 1.165) is 24.9 Å². The van der Waals surface area contributed by atoms with E-state index in [-0.39, 0.29) is 0 Å². The van der Waals surface area contributed by atoms with Crippen molar-refractivity contribution in [3.8, 4) is 0 Å². The Labute approximate surface area is 115 Å². The smallest absolute Gasteiger partial charge is 0.325 e. The Morgan fingerprint density at radius 2 is 1.89 bits per heavy atom. The Morgan fingerprint density at radius 1 is 1.26 bits per heavy atom. The van der Waals surface area contributed by atoms with Crippen LogP contribution < -0.4 is 0 Å². The quantitative estimate of drug-likeness (QED) is 0.882. The van der Waals surface area contributed by atoms with Crippen LogP contribution in [0.5, 0.6) is 0 Å². The summed E-state index contributed by atoms with van der Waals surface area (Å²) >= 11 is 0. The fourth-order valence-corrected chi connectivity index (χ4v) is 3.18. The van der Waals surface area contributed by atoms with Crippen molar-refractivity contribution < 1.29 is 9.90 Å². The Kier molecular flexibility index (Phi) is 4.97. The highest BCUT2D eigenvalue weighted by Crippen LogP contribution is 2.30. The summed E-state index contributed by atoms with van der Waals surface area (Å²) in [6, 6.07) is 9.52. The zero-order valence-electron chi connectivity index (χ0n) is 11.6. The number of nitrogens with zero attached hydrogens (tertiary/aromatic N) is 1. The van der Waals surface area contributed by atoms with Crippen LogP contribution in [0.2, 0.25) is 0 Å². The molecule has 0 aliphatic heterocycles. The first kappa shape index (κ1) is 14.1. The lowest BCUT2D eigenvalue weighted by atomic mass is 9.92. The van der Waals surface area contributed by atoms with Gasteiger partial charge in [-0.1, -0.05) is 56.5 Å². The minimum absolute atomic E-state index is 0.417. The Morgan fingerprint density at radius 3 is 2.42 bits per heavy atom. The van der Waals surface area contributed by atoms with Gasteiger partial charge in [-0.15, -0.1) is 0 Å². The van der Waals surface area contributed by atoms with Crippen molar-refractivity contribution in [2.24, 2.45) is 0 Å². The topological polar surface area (TPSA) is 40.5 Å². The molecule has 1 N–H and O–H groups in total. The van der Waals surface area contributed by atoms with Gasteiger partial charge in [0.1, 0.15) is 6.04 Å². The standard InChI is InChI=1S/C16H23NO2/c1-2-17(14-11-7-4-8-12-14)15(16(18)19)13-9-5-3-6-10-13/h3,5-6,9-10,14-15H,2,4,7-8,11-12H2,1H3,(H,18,19). The molecule has 1 aromatic rings. The second-order valence-corrected chi connectivity index (χ2v) is 5.27. The van der Waals surface area contributed by atoms with E-state index in [1.807, 2.05) is 30.3 Å². The van der Waals surface area contributed by atoms with Crippen molar-refractivity contribution in [3.63, 3.8) is 0 Å². The number of benzene rings is 1. The van der Waals surface area contributed by atoms with Crippen molar-refractivity contribution in [2.45, 2.75) is 51.1 Å². The summed E-state index contributed by atoms with van der Waals surface area (Å²) in [5.41, 5.74) is 0.891. The number of aliphatic carboxylic acids is 1. The zero-order valence-corrected chi connectivity index (χ0v) is 11.6. The highest BCUT2D eigenvalue weighted by atomic mass is 16.4. The van der Waals surface area contributed by atoms with Gasteiger partial charge in [-0.3, -0.25) is 9.69 Å². The molecule has 1 atom stereocenters. The van der Waals surface area contributed by atoms with Crippen LogP contribution in [0.25, 0.3) is 0 Å². The van der Waals surface area contributed by atoms with Gasteiger partial charge in [0.2, 0.25) is 0 Å². The van der Waals surface area contributed by atoms with Gasteiger partial charge < -0.3 is 5.11 Å². The lowest BCUT2D eigenvalue weighted by molar-refractivity contribution is -0.145. The van der Waals surface area contributed by atoms with Gasteiger partial charge in [-0.2, -0.15) is 0 Å². The molecule has 0 amide bonds. The monoisotopic (exact) mass is 261 g/mol. The summed E-state index contributed by atoms with van der Waals surface area (Å²) < 4.78 is 0. The van der Waals surface area contributed by atoms with E-state index in [4.69, 9.17) is 0 Å². The summed E-state index contributed by atoms with van der Waals surface area (Å²) in [5, 5.41) is 9.62. The molecule has 1 aliphatic carbocycles. The van der Waals surface area contributed by atoms with Crippen molar-refractivity contribution in [1.29, 1.82) is 0 Å². The van der Waals surface area contributed by atoms with Gasteiger partial charge in [0.25, 0.3) is 0 Å². The number of carbonyl (C=O) groups is 1. The van der Waals surface area contributed by atoms with Crippen molar-refractivity contribution in [2.75, 3.05) is 6.54 Å². The first-order valence-corrected chi connectivity index (χ1v) is 7.27. The van der Waals surface area contributed by atoms with Crippen LogP contribution in [0, 0.1) is 0 Å². The normalized spacial score (nSPS) is 18.4. The summed E-state index contributed by atoms with van der Waals surface area (Å²) in [6.07, 6.45) is 6.00. The van der Waals surface area contributed by atoms with E-state index >= 15 is 0 Å². The van der Waals surface area contributed by atoms with E-state index in [1.165, 1.54) is 19.3 Å². The Balaban J connectivity index is 2.23. The molecular weight excluding hydrogens is 238 g/mol. The predicted molar refractivity (Wildman–Crippen MR) is 76.1 cm³/mol. The van der Waals surface area contributed by atoms with Crippen molar-refractivity contribution in [1.82, 2.24) is 4.90 Å². The Bertz CT molecular complexity index is 398. The second kappa shape index (κ2) is 6.71. The number of likely N-dealkylation sites (N-methyl/N-ethyl adjacent to an activating group) is 1. The molecule has 0 radical (unpaired) electrons. The van der Waals surface area contributed by atoms with Gasteiger partial charge in [0, 0.05) is 6.04 Å². The van der Waals surface area contributed by atoms with Crippen LogP contribution in [0.1, 0.15) is 50.6 Å². The lowest BCUT2D eigenvalue weighted by Crippen LogP contribution is -2.42. The molecule has 3 heteroatoms. The van der Waals surface area contributed by atoms with Crippen LogP contribution in [0.3, 0.4) is 0 Å². The molecule has 0 aromatic heterocycles. The highest BCUT2D eigenvalue weighted by Gasteiger charge is 2.32. The van der Waals surface area contributed by atoms with Gasteiger partial charge in [0.05, 0.1) is 0 Å². The third kappa shape index (κ3) is 3.35. The number of hydrogen-bond donors (Lipinski definition) is 1. The largest absolute Gasteiger partial charge is 0.480 e. The highest BCUT2D eigenvalue weighted by molar-refractivity contribution is 5.75. The molecule has 0 saturated heterocycles. The molecule has 1 aromatic carbocycles. The number of rotatable bonds is 5. The van der Waals surface area contributed by atoms with Crippen LogP contribution in [0.4, 0.5) is 0 Å². The maximum Gasteiger partial charge on any atom is 0.325 e. The maximum atomic E-state index is 11.7. The molecule has 0 heterocycles. The number of carboxylic acids is 1. The average Bonchev–Trinajstić information content (AvgIpc) is 2.46. The summed E-state index contributed by atoms with van der Waals surface area (Å²) in [5.74, 6) is -0.737. The van der Waals surface area contributed by atoms with E-state index in [1.54, 1.807) is 0 Å². The predicted octanol–water partition coefficient (Wildman–Crippen LogP) is 3.47. The van der Waals surface area contributed by atoms with Gasteiger partial charge in [0.15, 0.2) is 0 Å². The first-order chi connectivity index (χ1) is 9.24. The van der Waals surface area contributed by atoms with E-state index in [0.29, 0.717) is 6.04 Å². The van der Waals surface area contributed by atoms with E-state index in [9.17, 15) is 9.90 Å². The lowest BCUT2D eigenvalue weighted by Gasteiger charge is -2.37. The first-order valence-electron chi connectivity index (χ1n) is 7.27. The van der Waals surface area contributed by atoms with Crippen LogP contribution in [-0.2, 0) is 4.79 Å². The molecule has 0 spiro atoms. The van der Waals surface area contributed by atoms with Gasteiger partial charge >= 0.3 is 5.97 Å². The SMILES string of the molecule is CCN(C1CCCCC1)C(C(=O)O)c1ccccc1. The fourth-order valence-electron chi connectivity index (χ4n) is 3.18. The zero-order chi connectivity index (χ0) is 13.7. The van der Waals surface area contributed by atoms with Crippen LogP contribution in [0.15, 0.2) is 30.3 Å². The number of carboxylic acid groups (broad SMARTS) is 1. The summed E-state index contributed by atoms with van der Waals surface area (Å²) in [6.45, 7) is 2.85. The maximum absolute atomic E-state index is 11.7. The summed E-state index contributed by atoms with van der Waals surface area (Å²) in [7, 11) is 0. The van der Waals surface area contributed by atoms with E-state index < -0.39 is 12.0 Å². The van der Waals surface area contributed by atoms with Crippen molar-refractivity contribution in [3.05, 3.63) is 35.9 Å². The second-order valence-electron chi connectivity index (χ2n) is 5.27. The molecule has 19 heavy (non-hydrogen) atoms. The van der Waals surface area contributed by atoms with Crippen molar-refractivity contribution >= 4 is 5.97 Å². The van der Waals surface area contributed by atoms with Crippen LogP contribution >= 0.6 is 0 Å². The number of hydrogen-bond acceptors (Lipinski definition) is 2. The minimum Gasteiger partial charge on any atom is -0.480 e. The fraction of sp³-hybridized carbons (Fsp3) is 0.562. The molecule has 1 aliphatic rings. The molecule has 3 nitrogen and oxygen atoms in total. The molecule has 1 unspecified atom stereocenters. The summed E-state index contributed by atoms with van der Waals surface area (Å²) in [4.78, 5) is 13.9. The average molecular weight is 261 g/mol. The van der Waals surface area contributed by atoms with Gasteiger partial charge in [-0.25, -0.2) is 0 Å². The molecule has 1 saturated carbocycles. The molecule has 0 bridgehead atoms. The van der Waals surface area contributed by atoms with E-state index in [2.05, 4.69) is 11.8 Å².